The predicted octanol–water partition coefficient (Wildman–Crippen LogP) is 0.573. The number of carbonyl (C=O) groups excluding carboxylic acids is 2. The summed E-state index contributed by atoms with van der Waals surface area (Å²) in [6.07, 6.45) is 0. The van der Waals surface area contributed by atoms with Crippen molar-refractivity contribution in [3.8, 4) is 0 Å². The maximum Gasteiger partial charge on any atom is 0.338 e. The van der Waals surface area contributed by atoms with Gasteiger partial charge in [0.15, 0.2) is 0 Å². The molecular weight excluding hydrogens is 227 g/mol. The summed E-state index contributed by atoms with van der Waals surface area (Å²) in [7, 11) is 1.14. The number of rotatable bonds is 4. The van der Waals surface area contributed by atoms with Crippen LogP contribution in [0.2, 0.25) is 0 Å². The van der Waals surface area contributed by atoms with Crippen molar-refractivity contribution in [2.45, 2.75) is 13.0 Å². The minimum atomic E-state index is -1.33. The standard InChI is InChI=1S/C11H13FN2O3/c1-6-3-7(12)5-8(4-6)14-9(10(13)15)11(16)17-2/h3-5,9,14H,1-2H3,(H2,13,15). The molecule has 1 amide bonds. The Morgan fingerprint density at radius 1 is 1.41 bits per heavy atom. The molecule has 0 fully saturated rings. The van der Waals surface area contributed by atoms with Gasteiger partial charge in [0.1, 0.15) is 5.82 Å². The molecule has 0 saturated heterocycles. The van der Waals surface area contributed by atoms with Gasteiger partial charge in [-0.3, -0.25) is 4.79 Å². The van der Waals surface area contributed by atoms with Gasteiger partial charge in [-0.2, -0.15) is 0 Å². The zero-order valence-electron chi connectivity index (χ0n) is 9.49. The van der Waals surface area contributed by atoms with Crippen molar-refractivity contribution >= 4 is 17.6 Å². The Bertz CT molecular complexity index is 428. The fourth-order valence-electron chi connectivity index (χ4n) is 1.35. The van der Waals surface area contributed by atoms with Crippen molar-refractivity contribution < 1.29 is 18.7 Å². The molecule has 17 heavy (non-hydrogen) atoms. The Morgan fingerprint density at radius 3 is 2.53 bits per heavy atom. The Kier molecular flexibility index (Phi) is 4.03. The average Bonchev–Trinajstić information content (AvgIpc) is 2.23. The lowest BCUT2D eigenvalue weighted by Crippen LogP contribution is -2.42. The number of halogens is 1. The first-order valence-electron chi connectivity index (χ1n) is 4.85. The normalized spacial score (nSPS) is 11.7. The van der Waals surface area contributed by atoms with E-state index in [-0.39, 0.29) is 5.69 Å². The van der Waals surface area contributed by atoms with E-state index in [0.29, 0.717) is 5.56 Å². The summed E-state index contributed by atoms with van der Waals surface area (Å²) in [5, 5.41) is 2.52. The first-order chi connectivity index (χ1) is 7.93. The van der Waals surface area contributed by atoms with E-state index in [1.807, 2.05) is 0 Å². The van der Waals surface area contributed by atoms with E-state index in [2.05, 4.69) is 10.1 Å². The van der Waals surface area contributed by atoms with Gasteiger partial charge in [-0.25, -0.2) is 9.18 Å². The Hall–Kier alpha value is -2.11. The highest BCUT2D eigenvalue weighted by atomic mass is 19.1. The maximum absolute atomic E-state index is 13.1. The molecule has 6 heteroatoms. The lowest BCUT2D eigenvalue weighted by atomic mass is 10.2. The molecule has 1 aromatic carbocycles. The van der Waals surface area contributed by atoms with E-state index in [0.717, 1.165) is 13.2 Å². The van der Waals surface area contributed by atoms with Crippen LogP contribution in [-0.4, -0.2) is 25.0 Å². The van der Waals surface area contributed by atoms with Crippen LogP contribution in [0, 0.1) is 12.7 Å². The number of hydrogen-bond acceptors (Lipinski definition) is 4. The van der Waals surface area contributed by atoms with Crippen LogP contribution < -0.4 is 11.1 Å². The van der Waals surface area contributed by atoms with Gasteiger partial charge in [-0.15, -0.1) is 0 Å². The van der Waals surface area contributed by atoms with Gasteiger partial charge >= 0.3 is 5.97 Å². The number of anilines is 1. The molecule has 0 heterocycles. The number of esters is 1. The number of amides is 1. The van der Waals surface area contributed by atoms with Crippen LogP contribution in [0.15, 0.2) is 18.2 Å². The highest BCUT2D eigenvalue weighted by Crippen LogP contribution is 2.14. The highest BCUT2D eigenvalue weighted by molar-refractivity contribution is 6.03. The first-order valence-corrected chi connectivity index (χ1v) is 4.85. The summed E-state index contributed by atoms with van der Waals surface area (Å²) in [5.74, 6) is -2.18. The number of carbonyl (C=O) groups is 2. The second kappa shape index (κ2) is 5.29. The molecule has 0 bridgehead atoms. The van der Waals surface area contributed by atoms with Crippen LogP contribution in [0.1, 0.15) is 5.56 Å². The number of aryl methyl sites for hydroxylation is 1. The fourth-order valence-corrected chi connectivity index (χ4v) is 1.35. The molecule has 0 spiro atoms. The molecule has 0 aliphatic carbocycles. The number of ether oxygens (including phenoxy) is 1. The molecule has 0 aliphatic rings. The topological polar surface area (TPSA) is 81.4 Å². The lowest BCUT2D eigenvalue weighted by molar-refractivity contribution is -0.144. The molecule has 0 radical (unpaired) electrons. The van der Waals surface area contributed by atoms with E-state index in [4.69, 9.17) is 5.73 Å². The van der Waals surface area contributed by atoms with Crippen LogP contribution in [0.3, 0.4) is 0 Å². The predicted molar refractivity (Wildman–Crippen MR) is 59.8 cm³/mol. The maximum atomic E-state index is 13.1. The largest absolute Gasteiger partial charge is 0.467 e. The summed E-state index contributed by atoms with van der Waals surface area (Å²) in [6, 6.07) is 2.73. The quantitative estimate of drug-likeness (QED) is 0.595. The molecule has 92 valence electrons. The smallest absolute Gasteiger partial charge is 0.338 e. The minimum absolute atomic E-state index is 0.289. The second-order valence-corrected chi connectivity index (χ2v) is 3.52. The number of primary amides is 1. The first kappa shape index (κ1) is 13.0. The number of nitrogens with one attached hydrogen (secondary N) is 1. The second-order valence-electron chi connectivity index (χ2n) is 3.52. The molecule has 0 saturated carbocycles. The summed E-state index contributed by atoms with van der Waals surface area (Å²) in [5.41, 5.74) is 5.98. The molecule has 5 nitrogen and oxygen atoms in total. The summed E-state index contributed by atoms with van der Waals surface area (Å²) in [4.78, 5) is 22.3. The van der Waals surface area contributed by atoms with Crippen LogP contribution in [0.4, 0.5) is 10.1 Å². The average molecular weight is 240 g/mol. The van der Waals surface area contributed by atoms with E-state index in [9.17, 15) is 14.0 Å². The summed E-state index contributed by atoms with van der Waals surface area (Å²) in [6.45, 7) is 1.69. The number of benzene rings is 1. The molecule has 0 aromatic heterocycles. The SMILES string of the molecule is COC(=O)C(Nc1cc(C)cc(F)c1)C(N)=O. The van der Waals surface area contributed by atoms with Gasteiger partial charge in [0.25, 0.3) is 5.91 Å². The number of methoxy groups -OCH3 is 1. The molecule has 1 aromatic rings. The molecule has 1 atom stereocenters. The third kappa shape index (κ3) is 3.44. The third-order valence-corrected chi connectivity index (χ3v) is 2.07. The van der Waals surface area contributed by atoms with Gasteiger partial charge in [-0.1, -0.05) is 0 Å². The van der Waals surface area contributed by atoms with Gasteiger partial charge in [0.2, 0.25) is 6.04 Å². The van der Waals surface area contributed by atoms with Crippen LogP contribution in [0.25, 0.3) is 0 Å². The van der Waals surface area contributed by atoms with Crippen molar-refractivity contribution in [2.75, 3.05) is 12.4 Å². The highest BCUT2D eigenvalue weighted by Gasteiger charge is 2.25. The summed E-state index contributed by atoms with van der Waals surface area (Å²) >= 11 is 0. The third-order valence-electron chi connectivity index (χ3n) is 2.07. The molecule has 0 aliphatic heterocycles. The van der Waals surface area contributed by atoms with Crippen molar-refractivity contribution in [3.05, 3.63) is 29.6 Å². The van der Waals surface area contributed by atoms with E-state index in [1.165, 1.54) is 6.07 Å². The van der Waals surface area contributed by atoms with E-state index < -0.39 is 23.7 Å². The molecule has 1 unspecified atom stereocenters. The molecule has 3 N–H and O–H groups in total. The number of hydrogen-bond donors (Lipinski definition) is 2. The fraction of sp³-hybridized carbons (Fsp3) is 0.273. The lowest BCUT2D eigenvalue weighted by Gasteiger charge is -2.14. The summed E-state index contributed by atoms with van der Waals surface area (Å²) < 4.78 is 17.5. The van der Waals surface area contributed by atoms with Crippen LogP contribution in [0.5, 0.6) is 0 Å². The van der Waals surface area contributed by atoms with Gasteiger partial charge in [-0.05, 0) is 30.7 Å². The van der Waals surface area contributed by atoms with Crippen LogP contribution in [-0.2, 0) is 14.3 Å². The molecule has 1 rings (SSSR count). The monoisotopic (exact) mass is 240 g/mol. The zero-order valence-corrected chi connectivity index (χ0v) is 9.49. The van der Waals surface area contributed by atoms with Gasteiger partial charge in [0, 0.05) is 5.69 Å². The van der Waals surface area contributed by atoms with Crippen LogP contribution >= 0.6 is 0 Å². The Labute approximate surface area is 97.7 Å². The van der Waals surface area contributed by atoms with Gasteiger partial charge in [0.05, 0.1) is 7.11 Å². The Morgan fingerprint density at radius 2 is 2.06 bits per heavy atom. The van der Waals surface area contributed by atoms with Crippen molar-refractivity contribution in [3.63, 3.8) is 0 Å². The Balaban J connectivity index is 2.93. The van der Waals surface area contributed by atoms with Crippen molar-refractivity contribution in [2.24, 2.45) is 5.73 Å². The van der Waals surface area contributed by atoms with Crippen molar-refractivity contribution in [1.82, 2.24) is 0 Å². The van der Waals surface area contributed by atoms with E-state index >= 15 is 0 Å². The minimum Gasteiger partial charge on any atom is -0.467 e. The van der Waals surface area contributed by atoms with Gasteiger partial charge < -0.3 is 15.8 Å². The van der Waals surface area contributed by atoms with E-state index in [1.54, 1.807) is 13.0 Å². The zero-order chi connectivity index (χ0) is 13.0. The van der Waals surface area contributed by atoms with Crippen molar-refractivity contribution in [1.29, 1.82) is 0 Å². The number of nitrogens with two attached hydrogens (primary N) is 1. The molecular formula is C11H13FN2O3.